The quantitative estimate of drug-likeness (QED) is 0.628. The fourth-order valence-corrected chi connectivity index (χ4v) is 2.85. The van der Waals surface area contributed by atoms with Crippen molar-refractivity contribution in [3.05, 3.63) is 34.9 Å². The van der Waals surface area contributed by atoms with E-state index in [4.69, 9.17) is 0 Å². The highest BCUT2D eigenvalue weighted by Gasteiger charge is 2.37. The van der Waals surface area contributed by atoms with Gasteiger partial charge in [0.25, 0.3) is 0 Å². The topological polar surface area (TPSA) is 0 Å². The fraction of sp³-hybridized carbons (Fsp3) is 0.571. The molecular formula is C14H20. The predicted octanol–water partition coefficient (Wildman–Crippen LogP) is 3.85. The van der Waals surface area contributed by atoms with Gasteiger partial charge in [0.1, 0.15) is 0 Å². The van der Waals surface area contributed by atoms with Gasteiger partial charge >= 0.3 is 0 Å². The third-order valence-electron chi connectivity index (χ3n) is 4.12. The molecule has 1 atom stereocenters. The van der Waals surface area contributed by atoms with Crippen molar-refractivity contribution in [2.75, 3.05) is 0 Å². The van der Waals surface area contributed by atoms with Crippen molar-refractivity contribution in [1.29, 1.82) is 0 Å². The molecule has 2 rings (SSSR count). The van der Waals surface area contributed by atoms with Gasteiger partial charge < -0.3 is 0 Å². The standard InChI is InChI=1S/C14H20/c1-10(2)14(4)9-8-12-7-5-6-11(3)13(12)14/h5-7,10H,8-9H2,1-4H3. The maximum atomic E-state index is 2.43. The summed E-state index contributed by atoms with van der Waals surface area (Å²) in [6.07, 6.45) is 2.59. The molecule has 1 aliphatic rings. The Morgan fingerprint density at radius 3 is 2.64 bits per heavy atom. The first kappa shape index (κ1) is 9.76. The highest BCUT2D eigenvalue weighted by molar-refractivity contribution is 5.44. The van der Waals surface area contributed by atoms with Gasteiger partial charge in [-0.1, -0.05) is 39.0 Å². The molecule has 0 spiro atoms. The summed E-state index contributed by atoms with van der Waals surface area (Å²) in [6, 6.07) is 6.75. The van der Waals surface area contributed by atoms with Gasteiger partial charge in [0, 0.05) is 0 Å². The Morgan fingerprint density at radius 2 is 2.00 bits per heavy atom. The second-order valence-electron chi connectivity index (χ2n) is 5.18. The van der Waals surface area contributed by atoms with Crippen LogP contribution in [-0.4, -0.2) is 0 Å². The van der Waals surface area contributed by atoms with E-state index in [2.05, 4.69) is 45.9 Å². The van der Waals surface area contributed by atoms with Crippen molar-refractivity contribution in [1.82, 2.24) is 0 Å². The van der Waals surface area contributed by atoms with E-state index in [1.54, 1.807) is 11.1 Å². The highest BCUT2D eigenvalue weighted by atomic mass is 14.4. The molecule has 0 heteroatoms. The molecule has 1 unspecified atom stereocenters. The summed E-state index contributed by atoms with van der Waals surface area (Å²) in [5, 5.41) is 0. The van der Waals surface area contributed by atoms with Crippen LogP contribution in [0.25, 0.3) is 0 Å². The second-order valence-corrected chi connectivity index (χ2v) is 5.18. The summed E-state index contributed by atoms with van der Waals surface area (Å²) in [7, 11) is 0. The summed E-state index contributed by atoms with van der Waals surface area (Å²) in [5.74, 6) is 0.741. The van der Waals surface area contributed by atoms with E-state index < -0.39 is 0 Å². The van der Waals surface area contributed by atoms with Crippen molar-refractivity contribution in [3.63, 3.8) is 0 Å². The van der Waals surface area contributed by atoms with Gasteiger partial charge in [-0.25, -0.2) is 0 Å². The molecule has 14 heavy (non-hydrogen) atoms. The lowest BCUT2D eigenvalue weighted by Gasteiger charge is -2.31. The molecule has 76 valence electrons. The molecule has 0 aromatic heterocycles. The average molecular weight is 188 g/mol. The summed E-state index contributed by atoms with van der Waals surface area (Å²) >= 11 is 0. The van der Waals surface area contributed by atoms with Gasteiger partial charge in [-0.15, -0.1) is 0 Å². The molecule has 0 saturated carbocycles. The molecule has 0 aliphatic heterocycles. The summed E-state index contributed by atoms with van der Waals surface area (Å²) in [5.41, 5.74) is 5.12. The van der Waals surface area contributed by atoms with Crippen LogP contribution in [0.4, 0.5) is 0 Å². The lowest BCUT2D eigenvalue weighted by Crippen LogP contribution is -2.26. The Hall–Kier alpha value is -0.780. The Bertz CT molecular complexity index is 349. The van der Waals surface area contributed by atoms with Gasteiger partial charge in [-0.2, -0.15) is 0 Å². The van der Waals surface area contributed by atoms with Gasteiger partial charge in [-0.3, -0.25) is 0 Å². The van der Waals surface area contributed by atoms with Crippen molar-refractivity contribution < 1.29 is 0 Å². The minimum atomic E-state index is 0.417. The maximum Gasteiger partial charge on any atom is -0.00438 e. The summed E-state index contributed by atoms with van der Waals surface area (Å²) in [6.45, 7) is 9.38. The number of fused-ring (bicyclic) bond motifs is 1. The van der Waals surface area contributed by atoms with Crippen molar-refractivity contribution in [2.45, 2.75) is 46.0 Å². The van der Waals surface area contributed by atoms with E-state index in [0.29, 0.717) is 5.41 Å². The van der Waals surface area contributed by atoms with E-state index >= 15 is 0 Å². The lowest BCUT2D eigenvalue weighted by atomic mass is 9.73. The largest absolute Gasteiger partial charge is 0.0619 e. The van der Waals surface area contributed by atoms with Crippen LogP contribution in [0.1, 0.15) is 43.9 Å². The molecule has 0 heterocycles. The molecule has 0 saturated heterocycles. The molecule has 0 amide bonds. The molecule has 0 radical (unpaired) electrons. The SMILES string of the molecule is Cc1cccc2c1C(C)(C(C)C)CC2. The zero-order chi connectivity index (χ0) is 10.3. The third-order valence-corrected chi connectivity index (χ3v) is 4.12. The van der Waals surface area contributed by atoms with Gasteiger partial charge in [0.05, 0.1) is 0 Å². The minimum Gasteiger partial charge on any atom is -0.0619 e. The van der Waals surface area contributed by atoms with E-state index in [0.717, 1.165) is 5.92 Å². The van der Waals surface area contributed by atoms with Crippen molar-refractivity contribution in [2.24, 2.45) is 5.92 Å². The van der Waals surface area contributed by atoms with Gasteiger partial charge in [0.2, 0.25) is 0 Å². The summed E-state index contributed by atoms with van der Waals surface area (Å²) < 4.78 is 0. The molecular weight excluding hydrogens is 168 g/mol. The van der Waals surface area contributed by atoms with Crippen LogP contribution >= 0.6 is 0 Å². The Balaban J connectivity index is 2.58. The van der Waals surface area contributed by atoms with E-state index in [9.17, 15) is 0 Å². The Morgan fingerprint density at radius 1 is 1.29 bits per heavy atom. The highest BCUT2D eigenvalue weighted by Crippen LogP contribution is 2.45. The van der Waals surface area contributed by atoms with Crippen LogP contribution in [0.5, 0.6) is 0 Å². The lowest BCUT2D eigenvalue weighted by molar-refractivity contribution is 0.335. The van der Waals surface area contributed by atoms with Crippen LogP contribution in [0.3, 0.4) is 0 Å². The molecule has 0 bridgehead atoms. The Kier molecular flexibility index (Phi) is 2.17. The zero-order valence-electron chi connectivity index (χ0n) is 9.72. The van der Waals surface area contributed by atoms with Gasteiger partial charge in [0.15, 0.2) is 0 Å². The molecule has 1 aromatic rings. The normalized spacial score (nSPS) is 25.5. The molecule has 0 fully saturated rings. The monoisotopic (exact) mass is 188 g/mol. The van der Waals surface area contributed by atoms with Crippen LogP contribution in [-0.2, 0) is 11.8 Å². The first-order valence-electron chi connectivity index (χ1n) is 5.64. The smallest absolute Gasteiger partial charge is 0.00438 e. The van der Waals surface area contributed by atoms with Crippen LogP contribution < -0.4 is 0 Å². The van der Waals surface area contributed by atoms with Crippen LogP contribution in [0.15, 0.2) is 18.2 Å². The molecule has 0 N–H and O–H groups in total. The van der Waals surface area contributed by atoms with Crippen molar-refractivity contribution >= 4 is 0 Å². The number of benzene rings is 1. The zero-order valence-corrected chi connectivity index (χ0v) is 9.72. The summed E-state index contributed by atoms with van der Waals surface area (Å²) in [4.78, 5) is 0. The Labute approximate surface area is 87.3 Å². The van der Waals surface area contributed by atoms with Crippen molar-refractivity contribution in [3.8, 4) is 0 Å². The van der Waals surface area contributed by atoms with E-state index in [-0.39, 0.29) is 0 Å². The molecule has 0 nitrogen and oxygen atoms in total. The van der Waals surface area contributed by atoms with E-state index in [1.807, 2.05) is 0 Å². The molecule has 1 aromatic carbocycles. The number of aryl methyl sites for hydroxylation is 2. The average Bonchev–Trinajstić information content (AvgIpc) is 2.47. The number of rotatable bonds is 1. The first-order valence-corrected chi connectivity index (χ1v) is 5.64. The van der Waals surface area contributed by atoms with Gasteiger partial charge in [-0.05, 0) is 47.8 Å². The first-order chi connectivity index (χ1) is 6.55. The number of hydrogen-bond donors (Lipinski definition) is 0. The molecule has 1 aliphatic carbocycles. The van der Waals surface area contributed by atoms with Crippen LogP contribution in [0, 0.1) is 12.8 Å². The fourth-order valence-electron chi connectivity index (χ4n) is 2.85. The van der Waals surface area contributed by atoms with E-state index in [1.165, 1.54) is 18.4 Å². The second kappa shape index (κ2) is 3.12. The number of hydrogen-bond acceptors (Lipinski definition) is 0. The third kappa shape index (κ3) is 1.20. The minimum absolute atomic E-state index is 0.417. The van der Waals surface area contributed by atoms with Crippen LogP contribution in [0.2, 0.25) is 0 Å². The predicted molar refractivity (Wildman–Crippen MR) is 61.7 cm³/mol. The maximum absolute atomic E-state index is 2.43.